The van der Waals surface area contributed by atoms with Crippen molar-refractivity contribution in [3.8, 4) is 16.9 Å². The molecule has 0 spiro atoms. The van der Waals surface area contributed by atoms with Crippen molar-refractivity contribution in [2.45, 2.75) is 5.54 Å². The molecular formula is C35H25NO. The molecule has 0 radical (unpaired) electrons. The highest BCUT2D eigenvalue weighted by atomic mass is 16.3. The Hall–Kier alpha value is -4.82. The van der Waals surface area contributed by atoms with E-state index in [1.807, 2.05) is 12.1 Å². The van der Waals surface area contributed by atoms with Crippen molar-refractivity contribution < 1.29 is 5.11 Å². The predicted molar refractivity (Wildman–Crippen MR) is 152 cm³/mol. The second-order valence-corrected chi connectivity index (χ2v) is 9.55. The predicted octanol–water partition coefficient (Wildman–Crippen LogP) is 8.25. The summed E-state index contributed by atoms with van der Waals surface area (Å²) in [5.74, 6) is 0.264. The molecule has 1 atom stereocenters. The molecule has 0 saturated carbocycles. The Bertz CT molecular complexity index is 1750. The lowest BCUT2D eigenvalue weighted by Crippen LogP contribution is -2.32. The number of phenolic OH excluding ortho intramolecular Hbond substituents is 1. The van der Waals surface area contributed by atoms with E-state index in [-0.39, 0.29) is 5.75 Å². The molecule has 176 valence electrons. The van der Waals surface area contributed by atoms with Crippen molar-refractivity contribution in [1.82, 2.24) is 4.57 Å². The molecule has 1 aliphatic rings. The second-order valence-electron chi connectivity index (χ2n) is 9.55. The molecule has 1 aromatic heterocycles. The summed E-state index contributed by atoms with van der Waals surface area (Å²) in [5, 5.41) is 11.4. The van der Waals surface area contributed by atoms with E-state index in [0.29, 0.717) is 0 Å². The van der Waals surface area contributed by atoms with E-state index >= 15 is 0 Å². The van der Waals surface area contributed by atoms with E-state index < -0.39 is 5.54 Å². The minimum Gasteiger partial charge on any atom is -0.508 e. The van der Waals surface area contributed by atoms with Gasteiger partial charge in [-0.15, -0.1) is 0 Å². The second kappa shape index (κ2) is 8.39. The summed E-state index contributed by atoms with van der Waals surface area (Å²) in [6, 6.07) is 48.4. The zero-order valence-electron chi connectivity index (χ0n) is 20.3. The number of hydrogen-bond acceptors (Lipinski definition) is 1. The minimum absolute atomic E-state index is 0.264. The van der Waals surface area contributed by atoms with Crippen LogP contribution in [0, 0.1) is 0 Å². The van der Waals surface area contributed by atoms with Gasteiger partial charge in [-0.3, -0.25) is 0 Å². The summed E-state index contributed by atoms with van der Waals surface area (Å²) < 4.78 is 2.51. The highest BCUT2D eigenvalue weighted by Gasteiger charge is 2.44. The third kappa shape index (κ3) is 3.19. The Kier molecular flexibility index (Phi) is 4.87. The lowest BCUT2D eigenvalue weighted by atomic mass is 9.81. The number of phenols is 1. The lowest BCUT2D eigenvalue weighted by molar-refractivity contribution is 0.474. The summed E-state index contributed by atoms with van der Waals surface area (Å²) >= 11 is 0. The van der Waals surface area contributed by atoms with Crippen LogP contribution in [-0.4, -0.2) is 9.67 Å². The quantitative estimate of drug-likeness (QED) is 0.273. The van der Waals surface area contributed by atoms with Gasteiger partial charge in [0.1, 0.15) is 11.3 Å². The maximum absolute atomic E-state index is 10.2. The van der Waals surface area contributed by atoms with Crippen LogP contribution in [-0.2, 0) is 5.54 Å². The lowest BCUT2D eigenvalue weighted by Gasteiger charge is -2.33. The fraction of sp³-hybridized carbons (Fsp3) is 0.0286. The molecule has 7 rings (SSSR count). The first kappa shape index (κ1) is 21.5. The van der Waals surface area contributed by atoms with Crippen molar-refractivity contribution in [3.05, 3.63) is 168 Å². The molecule has 37 heavy (non-hydrogen) atoms. The van der Waals surface area contributed by atoms with Crippen LogP contribution in [0.5, 0.6) is 5.75 Å². The number of allylic oxidation sites excluding steroid dienone is 1. The van der Waals surface area contributed by atoms with Gasteiger partial charge in [-0.2, -0.15) is 0 Å². The molecule has 1 aliphatic heterocycles. The van der Waals surface area contributed by atoms with Crippen LogP contribution in [0.25, 0.3) is 27.6 Å². The maximum Gasteiger partial charge on any atom is 0.115 e. The van der Waals surface area contributed by atoms with Crippen molar-refractivity contribution in [2.24, 2.45) is 0 Å². The monoisotopic (exact) mass is 475 g/mol. The summed E-state index contributed by atoms with van der Waals surface area (Å²) in [6.45, 7) is 0. The fourth-order valence-corrected chi connectivity index (χ4v) is 5.94. The Balaban J connectivity index is 1.69. The van der Waals surface area contributed by atoms with Gasteiger partial charge in [0, 0.05) is 16.5 Å². The molecule has 1 unspecified atom stereocenters. The Morgan fingerprint density at radius 1 is 0.514 bits per heavy atom. The largest absolute Gasteiger partial charge is 0.508 e. The van der Waals surface area contributed by atoms with Gasteiger partial charge in [0.25, 0.3) is 0 Å². The smallest absolute Gasteiger partial charge is 0.115 e. The number of benzene rings is 5. The third-order valence-electron chi connectivity index (χ3n) is 7.50. The first-order valence-electron chi connectivity index (χ1n) is 12.6. The topological polar surface area (TPSA) is 25.2 Å². The Morgan fingerprint density at radius 2 is 1.05 bits per heavy atom. The van der Waals surface area contributed by atoms with E-state index in [4.69, 9.17) is 0 Å². The van der Waals surface area contributed by atoms with Crippen LogP contribution >= 0.6 is 0 Å². The maximum atomic E-state index is 10.2. The Labute approximate surface area is 216 Å². The number of hydrogen-bond donors (Lipinski definition) is 1. The van der Waals surface area contributed by atoms with Gasteiger partial charge in [-0.1, -0.05) is 121 Å². The van der Waals surface area contributed by atoms with Gasteiger partial charge in [0.05, 0.1) is 11.2 Å². The van der Waals surface area contributed by atoms with E-state index in [1.54, 1.807) is 12.1 Å². The average molecular weight is 476 g/mol. The highest BCUT2D eigenvalue weighted by Crippen LogP contribution is 2.53. The minimum atomic E-state index is -0.595. The van der Waals surface area contributed by atoms with Crippen LogP contribution < -0.4 is 0 Å². The normalized spacial score (nSPS) is 16.5. The number of aromatic nitrogens is 1. The zero-order valence-corrected chi connectivity index (χ0v) is 20.3. The molecule has 2 heterocycles. The van der Waals surface area contributed by atoms with Crippen molar-refractivity contribution in [3.63, 3.8) is 0 Å². The Morgan fingerprint density at radius 3 is 1.73 bits per heavy atom. The molecule has 2 nitrogen and oxygen atoms in total. The van der Waals surface area contributed by atoms with Crippen LogP contribution in [0.4, 0.5) is 0 Å². The van der Waals surface area contributed by atoms with Gasteiger partial charge in [0.15, 0.2) is 0 Å². The van der Waals surface area contributed by atoms with Crippen molar-refractivity contribution in [1.29, 1.82) is 0 Å². The van der Waals surface area contributed by atoms with Gasteiger partial charge < -0.3 is 9.67 Å². The molecule has 0 fully saturated rings. The van der Waals surface area contributed by atoms with Gasteiger partial charge in [-0.25, -0.2) is 0 Å². The summed E-state index contributed by atoms with van der Waals surface area (Å²) in [6.07, 6.45) is 2.41. The highest BCUT2D eigenvalue weighted by molar-refractivity contribution is 6.06. The first-order chi connectivity index (χ1) is 18.3. The molecule has 1 N–H and O–H groups in total. The number of para-hydroxylation sites is 1. The molecular weight excluding hydrogens is 450 g/mol. The summed E-state index contributed by atoms with van der Waals surface area (Å²) in [4.78, 5) is 0. The van der Waals surface area contributed by atoms with E-state index in [0.717, 1.165) is 5.56 Å². The first-order valence-corrected chi connectivity index (χ1v) is 12.6. The molecule has 6 aromatic rings. The van der Waals surface area contributed by atoms with Crippen LogP contribution in [0.15, 0.2) is 146 Å². The molecule has 0 bridgehead atoms. The fourth-order valence-electron chi connectivity index (χ4n) is 5.94. The molecule has 0 aliphatic carbocycles. The summed E-state index contributed by atoms with van der Waals surface area (Å²) in [5.41, 5.74) is 8.88. The number of nitrogens with zero attached hydrogens (tertiary/aromatic N) is 1. The van der Waals surface area contributed by atoms with E-state index in [9.17, 15) is 5.11 Å². The molecule has 0 amide bonds. The van der Waals surface area contributed by atoms with Gasteiger partial charge in [0.2, 0.25) is 0 Å². The van der Waals surface area contributed by atoms with E-state index in [2.05, 4.69) is 126 Å². The zero-order chi connectivity index (χ0) is 24.8. The van der Waals surface area contributed by atoms with Gasteiger partial charge >= 0.3 is 0 Å². The SMILES string of the molecule is Oc1ccc(C2(c3ccccc3)C=C(c3ccccc3)c3c(-c4ccccc4)c4ccccc4n32)cc1. The van der Waals surface area contributed by atoms with Crippen LogP contribution in [0.1, 0.15) is 22.4 Å². The number of aromatic hydroxyl groups is 1. The third-order valence-corrected chi connectivity index (χ3v) is 7.50. The standard InChI is InChI=1S/C35H25NO/c37-29-22-20-28(21-23-29)35(27-16-8-3-9-17-27)24-31(25-12-4-1-5-13-25)34-33(26-14-6-2-7-15-26)30-18-10-11-19-32(30)36(34)35/h1-24,37H. The number of fused-ring (bicyclic) bond motifs is 3. The molecule has 0 saturated heterocycles. The van der Waals surface area contributed by atoms with Crippen LogP contribution in [0.2, 0.25) is 0 Å². The molecule has 5 aromatic carbocycles. The summed E-state index contributed by atoms with van der Waals surface area (Å²) in [7, 11) is 0. The van der Waals surface area contributed by atoms with Crippen molar-refractivity contribution in [2.75, 3.05) is 0 Å². The van der Waals surface area contributed by atoms with Gasteiger partial charge in [-0.05, 0) is 46.5 Å². The van der Waals surface area contributed by atoms with Crippen molar-refractivity contribution >= 4 is 16.5 Å². The average Bonchev–Trinajstić information content (AvgIpc) is 3.49. The number of rotatable bonds is 4. The van der Waals surface area contributed by atoms with Crippen LogP contribution in [0.3, 0.4) is 0 Å². The van der Waals surface area contributed by atoms with E-state index in [1.165, 1.54) is 44.4 Å². The molecule has 2 heteroatoms.